The number of rotatable bonds is 7. The van der Waals surface area contributed by atoms with E-state index >= 15 is 0 Å². The number of hydrogen-bond acceptors (Lipinski definition) is 1. The molecule has 13 heavy (non-hydrogen) atoms. The van der Waals surface area contributed by atoms with Crippen molar-refractivity contribution in [2.24, 2.45) is 5.73 Å². The van der Waals surface area contributed by atoms with E-state index in [4.69, 9.17) is 5.73 Å². The van der Waals surface area contributed by atoms with Crippen LogP contribution in [0, 0.1) is 0 Å². The Labute approximate surface area is 82.0 Å². The second-order valence-electron chi connectivity index (χ2n) is 3.08. The Hall–Kier alpha value is -0.820. The van der Waals surface area contributed by atoms with Gasteiger partial charge in [0.15, 0.2) is 0 Å². The molecule has 2 N–H and O–H groups in total. The summed E-state index contributed by atoms with van der Waals surface area (Å²) in [5.41, 5.74) is 6.77. The average molecular weight is 179 g/mol. The van der Waals surface area contributed by atoms with E-state index in [0.29, 0.717) is 0 Å². The van der Waals surface area contributed by atoms with Crippen LogP contribution >= 0.6 is 0 Å². The summed E-state index contributed by atoms with van der Waals surface area (Å²) in [5, 5.41) is 0. The van der Waals surface area contributed by atoms with Crippen molar-refractivity contribution in [3.8, 4) is 0 Å². The zero-order valence-electron chi connectivity index (χ0n) is 8.63. The van der Waals surface area contributed by atoms with Gasteiger partial charge in [-0.1, -0.05) is 37.3 Å². The lowest BCUT2D eigenvalue weighted by molar-refractivity contribution is 0.688. The molecule has 0 saturated carbocycles. The van der Waals surface area contributed by atoms with Crippen molar-refractivity contribution >= 4 is 0 Å². The summed E-state index contributed by atoms with van der Waals surface area (Å²) in [6.07, 6.45) is 12.8. The van der Waals surface area contributed by atoms with Crippen LogP contribution in [0.1, 0.15) is 32.6 Å². The van der Waals surface area contributed by atoms with Crippen LogP contribution in [-0.4, -0.2) is 6.54 Å². The maximum absolute atomic E-state index is 5.42. The van der Waals surface area contributed by atoms with Gasteiger partial charge in [-0.2, -0.15) is 0 Å². The predicted octanol–water partition coefficient (Wildman–Crippen LogP) is 3.19. The minimum atomic E-state index is 0.810. The molecule has 0 aromatic heterocycles. The number of unbranched alkanes of at least 4 members (excludes halogenated alkanes) is 2. The average Bonchev–Trinajstić information content (AvgIpc) is 2.13. The lowest BCUT2D eigenvalue weighted by Gasteiger charge is -2.00. The van der Waals surface area contributed by atoms with E-state index in [1.165, 1.54) is 18.4 Å². The van der Waals surface area contributed by atoms with Gasteiger partial charge in [-0.25, -0.2) is 0 Å². The van der Waals surface area contributed by atoms with Crippen molar-refractivity contribution in [2.75, 3.05) is 6.54 Å². The molecule has 0 rings (SSSR count). The first-order valence-electron chi connectivity index (χ1n) is 4.99. The van der Waals surface area contributed by atoms with Crippen molar-refractivity contribution in [2.45, 2.75) is 32.6 Å². The van der Waals surface area contributed by atoms with E-state index in [1.54, 1.807) is 0 Å². The molecule has 1 heteroatoms. The standard InChI is InChI=1S/C12H21N/c1-3-8-12(9-4-2)10-6-5-7-11-13/h3-4,8-9H,1,5-7,10-11,13H2,2H3/b9-4-,12-8+. The Morgan fingerprint density at radius 2 is 2.08 bits per heavy atom. The Morgan fingerprint density at radius 3 is 2.62 bits per heavy atom. The molecule has 0 fully saturated rings. The SMILES string of the molecule is C=C/C=C(\C=C/C)CCCCCN. The van der Waals surface area contributed by atoms with Gasteiger partial charge in [0.2, 0.25) is 0 Å². The molecule has 0 atom stereocenters. The maximum Gasteiger partial charge on any atom is -0.00773 e. The molecule has 0 aromatic rings. The van der Waals surface area contributed by atoms with Crippen molar-refractivity contribution in [1.82, 2.24) is 0 Å². The highest BCUT2D eigenvalue weighted by Crippen LogP contribution is 2.10. The van der Waals surface area contributed by atoms with Crippen LogP contribution in [0.2, 0.25) is 0 Å². The van der Waals surface area contributed by atoms with E-state index in [2.05, 4.69) is 24.8 Å². The molecule has 1 nitrogen and oxygen atoms in total. The molecule has 0 unspecified atom stereocenters. The van der Waals surface area contributed by atoms with Crippen molar-refractivity contribution < 1.29 is 0 Å². The molecule has 0 bridgehead atoms. The lowest BCUT2D eigenvalue weighted by Crippen LogP contribution is -1.97. The van der Waals surface area contributed by atoms with Crippen molar-refractivity contribution in [3.05, 3.63) is 36.5 Å². The van der Waals surface area contributed by atoms with E-state index in [-0.39, 0.29) is 0 Å². The Bertz CT molecular complexity index is 178. The smallest absolute Gasteiger partial charge is 0.00773 e. The van der Waals surface area contributed by atoms with Gasteiger partial charge in [-0.3, -0.25) is 0 Å². The Morgan fingerprint density at radius 1 is 1.31 bits per heavy atom. The molecule has 0 spiro atoms. The second-order valence-corrected chi connectivity index (χ2v) is 3.08. The van der Waals surface area contributed by atoms with Crippen molar-refractivity contribution in [3.63, 3.8) is 0 Å². The first-order chi connectivity index (χ1) is 6.35. The summed E-state index contributed by atoms with van der Waals surface area (Å²) in [6.45, 7) is 6.55. The van der Waals surface area contributed by atoms with Gasteiger partial charge in [0, 0.05) is 0 Å². The van der Waals surface area contributed by atoms with Crippen LogP contribution < -0.4 is 5.73 Å². The number of allylic oxidation sites excluding steroid dienone is 5. The fourth-order valence-corrected chi connectivity index (χ4v) is 1.24. The van der Waals surface area contributed by atoms with Crippen LogP contribution in [0.5, 0.6) is 0 Å². The molecule has 0 aliphatic heterocycles. The molecule has 0 aromatic carbocycles. The monoisotopic (exact) mass is 179 g/mol. The highest BCUT2D eigenvalue weighted by molar-refractivity contribution is 5.22. The highest BCUT2D eigenvalue weighted by atomic mass is 14.5. The van der Waals surface area contributed by atoms with Gasteiger partial charge in [0.05, 0.1) is 0 Å². The Kier molecular flexibility index (Phi) is 8.68. The maximum atomic E-state index is 5.42. The zero-order valence-corrected chi connectivity index (χ0v) is 8.63. The predicted molar refractivity (Wildman–Crippen MR) is 60.6 cm³/mol. The fourth-order valence-electron chi connectivity index (χ4n) is 1.24. The third kappa shape index (κ3) is 7.54. The van der Waals surface area contributed by atoms with E-state index in [9.17, 15) is 0 Å². The summed E-state index contributed by atoms with van der Waals surface area (Å²) in [6, 6.07) is 0. The van der Waals surface area contributed by atoms with E-state index in [1.807, 2.05) is 13.0 Å². The van der Waals surface area contributed by atoms with Gasteiger partial charge in [-0.15, -0.1) is 0 Å². The lowest BCUT2D eigenvalue weighted by atomic mass is 10.1. The van der Waals surface area contributed by atoms with Gasteiger partial charge in [0.1, 0.15) is 0 Å². The molecule has 0 amide bonds. The van der Waals surface area contributed by atoms with Crippen LogP contribution in [0.3, 0.4) is 0 Å². The third-order valence-electron chi connectivity index (χ3n) is 1.88. The molecular weight excluding hydrogens is 158 g/mol. The summed E-state index contributed by atoms with van der Waals surface area (Å²) >= 11 is 0. The molecule has 0 aliphatic rings. The van der Waals surface area contributed by atoms with Crippen molar-refractivity contribution in [1.29, 1.82) is 0 Å². The minimum absolute atomic E-state index is 0.810. The highest BCUT2D eigenvalue weighted by Gasteiger charge is 1.91. The Balaban J connectivity index is 3.70. The van der Waals surface area contributed by atoms with Gasteiger partial charge in [-0.05, 0) is 38.3 Å². The normalized spacial score (nSPS) is 12.3. The number of hydrogen-bond donors (Lipinski definition) is 1. The van der Waals surface area contributed by atoms with E-state index < -0.39 is 0 Å². The van der Waals surface area contributed by atoms with Crippen LogP contribution in [-0.2, 0) is 0 Å². The third-order valence-corrected chi connectivity index (χ3v) is 1.88. The first-order valence-corrected chi connectivity index (χ1v) is 4.99. The molecule has 0 saturated heterocycles. The summed E-state index contributed by atoms with van der Waals surface area (Å²) in [7, 11) is 0. The fraction of sp³-hybridized carbons (Fsp3) is 0.500. The van der Waals surface area contributed by atoms with E-state index in [0.717, 1.165) is 19.4 Å². The summed E-state index contributed by atoms with van der Waals surface area (Å²) < 4.78 is 0. The topological polar surface area (TPSA) is 26.0 Å². The largest absolute Gasteiger partial charge is 0.330 e. The zero-order chi connectivity index (χ0) is 9.94. The van der Waals surface area contributed by atoms with Crippen LogP contribution in [0.4, 0.5) is 0 Å². The minimum Gasteiger partial charge on any atom is -0.330 e. The second kappa shape index (κ2) is 9.27. The van der Waals surface area contributed by atoms with Crippen LogP contribution in [0.25, 0.3) is 0 Å². The molecular formula is C12H21N. The first kappa shape index (κ1) is 12.2. The van der Waals surface area contributed by atoms with Gasteiger partial charge in [0.25, 0.3) is 0 Å². The quantitative estimate of drug-likeness (QED) is 0.471. The molecule has 0 radical (unpaired) electrons. The molecule has 0 heterocycles. The number of nitrogens with two attached hydrogens (primary N) is 1. The van der Waals surface area contributed by atoms with Gasteiger partial charge < -0.3 is 5.73 Å². The van der Waals surface area contributed by atoms with Gasteiger partial charge >= 0.3 is 0 Å². The summed E-state index contributed by atoms with van der Waals surface area (Å²) in [4.78, 5) is 0. The molecule has 74 valence electrons. The summed E-state index contributed by atoms with van der Waals surface area (Å²) in [5.74, 6) is 0. The van der Waals surface area contributed by atoms with Crippen LogP contribution in [0.15, 0.2) is 36.5 Å². The molecule has 0 aliphatic carbocycles.